The van der Waals surface area contributed by atoms with E-state index in [1.54, 1.807) is 18.0 Å². The normalized spacial score (nSPS) is 12.0. The Morgan fingerprint density at radius 1 is 1.02 bits per heavy atom. The highest BCUT2D eigenvalue weighted by atomic mass is 19.1. The van der Waals surface area contributed by atoms with Crippen LogP contribution in [0.3, 0.4) is 0 Å². The highest BCUT2D eigenvalue weighted by Crippen LogP contribution is 2.24. The Labute approximate surface area is 239 Å². The van der Waals surface area contributed by atoms with Crippen molar-refractivity contribution in [3.8, 4) is 25.7 Å². The van der Waals surface area contributed by atoms with Crippen LogP contribution >= 0.6 is 0 Å². The number of hydrogen-bond donors (Lipinski definition) is 1. The standard InChI is InChI=1S/C24H26F2N8O.C2H6.2C2H2/c1-32(23(35)18-7-6-9-20(28-18)33-11-4-5-12-33)10-3-2-8-19-29-22-16-13-15(25)14-17(26)21(16)30-24(27)34(22)31-19;3*1-2/h6-7,9,13-14H,2-5,8,10-12H2,1H3,(H2,27,30);1-2H3;2*1-2H. The first kappa shape index (κ1) is 32.4. The summed E-state index contributed by atoms with van der Waals surface area (Å²) in [5, 5.41) is 4.56. The van der Waals surface area contributed by atoms with Crippen molar-refractivity contribution >= 4 is 34.2 Å². The van der Waals surface area contributed by atoms with E-state index in [9.17, 15) is 13.6 Å². The number of rotatable bonds is 7. The second-order valence-electron chi connectivity index (χ2n) is 8.78. The lowest BCUT2D eigenvalue weighted by Crippen LogP contribution is -2.29. The maximum atomic E-state index is 14.1. The molecule has 41 heavy (non-hydrogen) atoms. The molecule has 1 amide bonds. The number of nitrogens with zero attached hydrogens (tertiary/aromatic N) is 7. The lowest BCUT2D eigenvalue weighted by atomic mass is 10.2. The molecule has 5 rings (SSSR count). The van der Waals surface area contributed by atoms with Crippen LogP contribution in [-0.4, -0.2) is 62.1 Å². The van der Waals surface area contributed by atoms with Gasteiger partial charge in [-0.3, -0.25) is 4.79 Å². The van der Waals surface area contributed by atoms with Gasteiger partial charge in [-0.1, -0.05) is 19.9 Å². The second-order valence-corrected chi connectivity index (χ2v) is 8.78. The van der Waals surface area contributed by atoms with Crippen molar-refractivity contribution in [3.05, 3.63) is 53.5 Å². The van der Waals surface area contributed by atoms with Crippen molar-refractivity contribution in [1.29, 1.82) is 0 Å². The number of pyridine rings is 1. The number of hydrogen-bond acceptors (Lipinski definition) is 7. The number of benzene rings is 1. The zero-order valence-electron chi connectivity index (χ0n) is 23.7. The first-order valence-electron chi connectivity index (χ1n) is 13.3. The van der Waals surface area contributed by atoms with Crippen molar-refractivity contribution in [2.45, 2.75) is 46.0 Å². The van der Waals surface area contributed by atoms with Crippen LogP contribution in [0.1, 0.15) is 55.8 Å². The third-order valence-electron chi connectivity index (χ3n) is 6.24. The van der Waals surface area contributed by atoms with Crippen molar-refractivity contribution in [3.63, 3.8) is 0 Å². The third kappa shape index (κ3) is 7.67. The lowest BCUT2D eigenvalue weighted by molar-refractivity contribution is 0.0787. The molecule has 3 aromatic heterocycles. The fourth-order valence-corrected chi connectivity index (χ4v) is 4.40. The first-order valence-corrected chi connectivity index (χ1v) is 13.3. The monoisotopic (exact) mass is 562 g/mol. The summed E-state index contributed by atoms with van der Waals surface area (Å²) in [4.78, 5) is 29.7. The molecule has 0 radical (unpaired) electrons. The number of amides is 1. The van der Waals surface area contributed by atoms with Crippen LogP contribution < -0.4 is 10.6 Å². The third-order valence-corrected chi connectivity index (χ3v) is 6.24. The molecule has 1 aliphatic rings. The zero-order valence-corrected chi connectivity index (χ0v) is 23.7. The SMILES string of the molecule is C#C.C#C.CC.CN(CCCCc1nc2c3cc(F)cc(F)c3nc(N)n2n1)C(=O)c1cccc(N2CCCC2)n1. The van der Waals surface area contributed by atoms with E-state index >= 15 is 0 Å². The summed E-state index contributed by atoms with van der Waals surface area (Å²) in [6, 6.07) is 7.49. The first-order chi connectivity index (χ1) is 19.9. The minimum Gasteiger partial charge on any atom is -0.368 e. The van der Waals surface area contributed by atoms with Gasteiger partial charge >= 0.3 is 0 Å². The van der Waals surface area contributed by atoms with Crippen LogP contribution in [0.25, 0.3) is 16.6 Å². The smallest absolute Gasteiger partial charge is 0.272 e. The number of nitrogen functional groups attached to an aromatic ring is 1. The molecule has 0 aliphatic carbocycles. The van der Waals surface area contributed by atoms with Gasteiger partial charge in [-0.05, 0) is 43.9 Å². The minimum atomic E-state index is -0.799. The number of halogens is 2. The van der Waals surface area contributed by atoms with Crippen molar-refractivity contribution in [2.75, 3.05) is 37.3 Å². The molecule has 1 aliphatic heterocycles. The number of carbonyl (C=O) groups excluding carboxylic acids is 1. The maximum absolute atomic E-state index is 14.1. The van der Waals surface area contributed by atoms with E-state index < -0.39 is 11.6 Å². The summed E-state index contributed by atoms with van der Waals surface area (Å²) in [5.41, 5.74) is 6.57. The molecule has 2 N–H and O–H groups in total. The fraction of sp³-hybridized carbons (Fsp3) is 0.367. The Balaban J connectivity index is 0.000000921. The van der Waals surface area contributed by atoms with Gasteiger partial charge in [0.2, 0.25) is 5.95 Å². The number of fused-ring (bicyclic) bond motifs is 3. The molecule has 9 nitrogen and oxygen atoms in total. The Kier molecular flexibility index (Phi) is 12.4. The molecule has 0 atom stereocenters. The highest BCUT2D eigenvalue weighted by Gasteiger charge is 2.18. The number of anilines is 2. The van der Waals surface area contributed by atoms with Gasteiger partial charge in [0.15, 0.2) is 17.3 Å². The van der Waals surface area contributed by atoms with E-state index in [0.717, 1.165) is 44.2 Å². The molecule has 0 unspecified atom stereocenters. The summed E-state index contributed by atoms with van der Waals surface area (Å²) in [7, 11) is 1.76. The molecule has 4 heterocycles. The van der Waals surface area contributed by atoms with Gasteiger partial charge in [0.05, 0.1) is 5.39 Å². The lowest BCUT2D eigenvalue weighted by Gasteiger charge is -2.19. The van der Waals surface area contributed by atoms with Gasteiger partial charge in [0, 0.05) is 39.2 Å². The predicted molar refractivity (Wildman–Crippen MR) is 159 cm³/mol. The molecule has 1 aromatic carbocycles. The molecule has 1 saturated heterocycles. The van der Waals surface area contributed by atoms with Gasteiger partial charge in [-0.15, -0.1) is 30.8 Å². The van der Waals surface area contributed by atoms with E-state index in [4.69, 9.17) is 5.73 Å². The van der Waals surface area contributed by atoms with Gasteiger partial charge in [0.1, 0.15) is 22.8 Å². The van der Waals surface area contributed by atoms with E-state index in [1.807, 2.05) is 26.0 Å². The van der Waals surface area contributed by atoms with Gasteiger partial charge in [0.25, 0.3) is 5.91 Å². The molecular formula is C30H36F2N8O. The van der Waals surface area contributed by atoms with Crippen LogP contribution in [-0.2, 0) is 6.42 Å². The van der Waals surface area contributed by atoms with Crippen LogP contribution in [0.2, 0.25) is 0 Å². The molecule has 0 bridgehead atoms. The van der Waals surface area contributed by atoms with E-state index in [1.165, 1.54) is 10.6 Å². The predicted octanol–water partition coefficient (Wildman–Crippen LogP) is 4.75. The van der Waals surface area contributed by atoms with Crippen molar-refractivity contribution < 1.29 is 13.6 Å². The summed E-state index contributed by atoms with van der Waals surface area (Å²) in [5.74, 6) is -0.324. The Hall–Kier alpha value is -4.77. The van der Waals surface area contributed by atoms with E-state index in [-0.39, 0.29) is 28.4 Å². The summed E-state index contributed by atoms with van der Waals surface area (Å²) in [6.07, 6.45) is 20.2. The molecule has 1 fully saturated rings. The molecule has 11 heteroatoms. The van der Waals surface area contributed by atoms with Crippen molar-refractivity contribution in [1.82, 2.24) is 29.5 Å². The van der Waals surface area contributed by atoms with Crippen LogP contribution in [0.4, 0.5) is 20.5 Å². The number of aryl methyl sites for hydroxylation is 1. The summed E-state index contributed by atoms with van der Waals surface area (Å²) >= 11 is 0. The number of nitrogens with two attached hydrogens (primary N) is 1. The van der Waals surface area contributed by atoms with Gasteiger partial charge < -0.3 is 15.5 Å². The van der Waals surface area contributed by atoms with Crippen molar-refractivity contribution in [2.24, 2.45) is 0 Å². The Morgan fingerprint density at radius 3 is 2.39 bits per heavy atom. The number of carbonyl (C=O) groups is 1. The van der Waals surface area contributed by atoms with E-state index in [2.05, 4.69) is 50.6 Å². The molecule has 216 valence electrons. The minimum absolute atomic E-state index is 0.0225. The largest absolute Gasteiger partial charge is 0.368 e. The summed E-state index contributed by atoms with van der Waals surface area (Å²) < 4.78 is 29.2. The molecule has 4 aromatic rings. The van der Waals surface area contributed by atoms with E-state index in [0.29, 0.717) is 30.9 Å². The average molecular weight is 563 g/mol. The topological polar surface area (TPSA) is 106 Å². The zero-order chi connectivity index (χ0) is 30.5. The highest BCUT2D eigenvalue weighted by molar-refractivity contribution is 5.93. The number of aromatic nitrogens is 5. The fourth-order valence-electron chi connectivity index (χ4n) is 4.40. The number of unbranched alkanes of at least 4 members (excludes halogenated alkanes) is 1. The Bertz CT molecular complexity index is 1490. The van der Waals surface area contributed by atoms with Crippen LogP contribution in [0.15, 0.2) is 30.3 Å². The van der Waals surface area contributed by atoms with Crippen LogP contribution in [0, 0.1) is 37.3 Å². The number of terminal acetylenes is 2. The molecule has 0 spiro atoms. The molecular weight excluding hydrogens is 526 g/mol. The van der Waals surface area contributed by atoms with Crippen LogP contribution in [0.5, 0.6) is 0 Å². The van der Waals surface area contributed by atoms with Gasteiger partial charge in [-0.25, -0.2) is 23.7 Å². The Morgan fingerprint density at radius 2 is 1.71 bits per heavy atom. The maximum Gasteiger partial charge on any atom is 0.272 e. The molecule has 0 saturated carbocycles. The quantitative estimate of drug-likeness (QED) is 0.256. The second kappa shape index (κ2) is 15.7. The average Bonchev–Trinajstić information content (AvgIpc) is 3.70. The summed E-state index contributed by atoms with van der Waals surface area (Å²) in [6.45, 7) is 6.49. The van der Waals surface area contributed by atoms with Gasteiger partial charge in [-0.2, -0.15) is 4.52 Å².